The van der Waals surface area contributed by atoms with Crippen LogP contribution in [0.5, 0.6) is 0 Å². The van der Waals surface area contributed by atoms with Gasteiger partial charge >= 0.3 is 6.03 Å². The zero-order chi connectivity index (χ0) is 18.0. The monoisotopic (exact) mass is 362 g/mol. The first-order chi connectivity index (χ1) is 12.7. The SMILES string of the molecule is CCN(Cc1noc(C2CCC2)n1)C(=O)NC1COC2(CCCCC2)C1. The predicted octanol–water partition coefficient (Wildman–Crippen LogP) is 3.36. The molecule has 2 aliphatic carbocycles. The zero-order valence-corrected chi connectivity index (χ0v) is 15.7. The molecule has 0 aromatic carbocycles. The minimum Gasteiger partial charge on any atom is -0.373 e. The number of carbonyl (C=O) groups is 1. The third kappa shape index (κ3) is 3.72. The average molecular weight is 362 g/mol. The third-order valence-electron chi connectivity index (χ3n) is 6.24. The van der Waals surface area contributed by atoms with E-state index in [4.69, 9.17) is 9.26 Å². The summed E-state index contributed by atoms with van der Waals surface area (Å²) < 4.78 is 11.5. The highest BCUT2D eigenvalue weighted by atomic mass is 16.5. The fourth-order valence-corrected chi connectivity index (χ4v) is 4.40. The van der Waals surface area contributed by atoms with Gasteiger partial charge in [-0.25, -0.2) is 4.79 Å². The van der Waals surface area contributed by atoms with E-state index in [0.29, 0.717) is 31.4 Å². The van der Waals surface area contributed by atoms with E-state index >= 15 is 0 Å². The van der Waals surface area contributed by atoms with Gasteiger partial charge in [0, 0.05) is 12.5 Å². The van der Waals surface area contributed by atoms with Gasteiger partial charge in [0.1, 0.15) is 0 Å². The standard InChI is InChI=1S/C19H30N4O3/c1-2-23(12-16-21-17(26-22-16)14-7-6-8-14)18(24)20-15-11-19(25-13-15)9-4-3-5-10-19/h14-15H,2-13H2,1H3,(H,20,24). The van der Waals surface area contributed by atoms with Crippen molar-refractivity contribution in [3.05, 3.63) is 11.7 Å². The predicted molar refractivity (Wildman–Crippen MR) is 95.7 cm³/mol. The van der Waals surface area contributed by atoms with Gasteiger partial charge in [-0.3, -0.25) is 0 Å². The number of nitrogens with zero attached hydrogens (tertiary/aromatic N) is 3. The molecule has 26 heavy (non-hydrogen) atoms. The number of amides is 2. The van der Waals surface area contributed by atoms with Crippen LogP contribution in [0.4, 0.5) is 4.79 Å². The Kier molecular flexibility index (Phi) is 5.16. The average Bonchev–Trinajstić information content (AvgIpc) is 3.19. The third-order valence-corrected chi connectivity index (χ3v) is 6.24. The molecule has 1 aromatic heterocycles. The fraction of sp³-hybridized carbons (Fsp3) is 0.842. The van der Waals surface area contributed by atoms with E-state index in [2.05, 4.69) is 15.5 Å². The Hall–Kier alpha value is -1.63. The molecular weight excluding hydrogens is 332 g/mol. The summed E-state index contributed by atoms with van der Waals surface area (Å²) in [5.41, 5.74) is 0.0125. The number of aromatic nitrogens is 2. The second-order valence-electron chi connectivity index (χ2n) is 8.10. The molecule has 1 saturated heterocycles. The minimum absolute atomic E-state index is 0.0125. The molecule has 1 unspecified atom stereocenters. The van der Waals surface area contributed by atoms with Crippen LogP contribution in [0.3, 0.4) is 0 Å². The van der Waals surface area contributed by atoms with Gasteiger partial charge < -0.3 is 19.5 Å². The summed E-state index contributed by atoms with van der Waals surface area (Å²) in [6.07, 6.45) is 10.5. The first-order valence-electron chi connectivity index (χ1n) is 10.2. The van der Waals surface area contributed by atoms with Gasteiger partial charge in [-0.1, -0.05) is 30.8 Å². The van der Waals surface area contributed by atoms with Gasteiger partial charge in [0.2, 0.25) is 5.89 Å². The lowest BCUT2D eigenvalue weighted by molar-refractivity contribution is -0.0246. The Balaban J connectivity index is 1.30. The van der Waals surface area contributed by atoms with Crippen molar-refractivity contribution in [1.29, 1.82) is 0 Å². The van der Waals surface area contributed by atoms with E-state index in [1.54, 1.807) is 4.90 Å². The minimum atomic E-state index is -0.0658. The maximum atomic E-state index is 12.7. The van der Waals surface area contributed by atoms with E-state index in [0.717, 1.165) is 38.0 Å². The molecule has 2 amide bonds. The van der Waals surface area contributed by atoms with Gasteiger partial charge in [0.05, 0.1) is 24.8 Å². The molecule has 4 rings (SSSR count). The summed E-state index contributed by atoms with van der Waals surface area (Å²) in [6, 6.07) is 0.0365. The van der Waals surface area contributed by atoms with Crippen molar-refractivity contribution in [2.24, 2.45) is 0 Å². The lowest BCUT2D eigenvalue weighted by Gasteiger charge is -2.32. The number of carbonyl (C=O) groups excluding carboxylic acids is 1. The van der Waals surface area contributed by atoms with Crippen molar-refractivity contribution in [1.82, 2.24) is 20.4 Å². The van der Waals surface area contributed by atoms with Crippen LogP contribution in [0.15, 0.2) is 4.52 Å². The van der Waals surface area contributed by atoms with Gasteiger partial charge in [-0.05, 0) is 39.0 Å². The van der Waals surface area contributed by atoms with Crippen LogP contribution in [0, 0.1) is 0 Å². The van der Waals surface area contributed by atoms with Crippen LogP contribution in [0.25, 0.3) is 0 Å². The van der Waals surface area contributed by atoms with Crippen molar-refractivity contribution in [2.45, 2.75) is 88.8 Å². The normalized spacial score (nSPS) is 25.2. The molecule has 0 radical (unpaired) electrons. The first-order valence-corrected chi connectivity index (χ1v) is 10.2. The molecule has 1 spiro atoms. The molecule has 7 heteroatoms. The van der Waals surface area contributed by atoms with E-state index in [1.165, 1.54) is 25.7 Å². The summed E-state index contributed by atoms with van der Waals surface area (Å²) >= 11 is 0. The van der Waals surface area contributed by atoms with E-state index in [-0.39, 0.29) is 17.7 Å². The van der Waals surface area contributed by atoms with Crippen molar-refractivity contribution < 1.29 is 14.1 Å². The smallest absolute Gasteiger partial charge is 0.318 e. The Labute approximate surface area is 154 Å². The summed E-state index contributed by atoms with van der Waals surface area (Å²) in [5, 5.41) is 7.21. The lowest BCUT2D eigenvalue weighted by Crippen LogP contribution is -2.45. The molecule has 2 heterocycles. The number of rotatable bonds is 5. The van der Waals surface area contributed by atoms with Gasteiger partial charge in [-0.15, -0.1) is 0 Å². The molecule has 3 aliphatic rings. The van der Waals surface area contributed by atoms with Crippen molar-refractivity contribution in [2.75, 3.05) is 13.2 Å². The summed E-state index contributed by atoms with van der Waals surface area (Å²) in [7, 11) is 0. The highest BCUT2D eigenvalue weighted by Gasteiger charge is 2.41. The van der Waals surface area contributed by atoms with Crippen LogP contribution < -0.4 is 5.32 Å². The van der Waals surface area contributed by atoms with Crippen molar-refractivity contribution >= 4 is 6.03 Å². The quantitative estimate of drug-likeness (QED) is 0.869. The van der Waals surface area contributed by atoms with Crippen LogP contribution in [0.2, 0.25) is 0 Å². The zero-order valence-electron chi connectivity index (χ0n) is 15.7. The molecule has 3 fully saturated rings. The number of ether oxygens (including phenoxy) is 1. The van der Waals surface area contributed by atoms with Crippen molar-refractivity contribution in [3.63, 3.8) is 0 Å². The second-order valence-corrected chi connectivity index (χ2v) is 8.10. The number of hydrogen-bond donors (Lipinski definition) is 1. The fourth-order valence-electron chi connectivity index (χ4n) is 4.40. The first kappa shape index (κ1) is 17.8. The Morgan fingerprint density at radius 1 is 1.27 bits per heavy atom. The Morgan fingerprint density at radius 2 is 2.08 bits per heavy atom. The van der Waals surface area contributed by atoms with Gasteiger partial charge in [-0.2, -0.15) is 4.98 Å². The maximum absolute atomic E-state index is 12.7. The highest BCUT2D eigenvalue weighted by molar-refractivity contribution is 5.74. The van der Waals surface area contributed by atoms with E-state index in [9.17, 15) is 4.79 Å². The lowest BCUT2D eigenvalue weighted by atomic mass is 9.82. The molecule has 1 aliphatic heterocycles. The summed E-state index contributed by atoms with van der Waals surface area (Å²) in [5.74, 6) is 1.74. The maximum Gasteiger partial charge on any atom is 0.318 e. The molecule has 1 N–H and O–H groups in total. The largest absolute Gasteiger partial charge is 0.373 e. The number of nitrogens with one attached hydrogen (secondary N) is 1. The summed E-state index contributed by atoms with van der Waals surface area (Å²) in [4.78, 5) is 18.9. The second kappa shape index (κ2) is 7.55. The molecule has 0 bridgehead atoms. The molecule has 1 aromatic rings. The van der Waals surface area contributed by atoms with Gasteiger partial charge in [0.25, 0.3) is 0 Å². The Bertz CT molecular complexity index is 622. The van der Waals surface area contributed by atoms with Crippen LogP contribution in [-0.2, 0) is 11.3 Å². The summed E-state index contributed by atoms with van der Waals surface area (Å²) in [6.45, 7) is 3.59. The van der Waals surface area contributed by atoms with Crippen molar-refractivity contribution in [3.8, 4) is 0 Å². The van der Waals surface area contributed by atoms with Crippen LogP contribution in [-0.4, -0.2) is 45.9 Å². The molecule has 144 valence electrons. The Morgan fingerprint density at radius 3 is 2.77 bits per heavy atom. The van der Waals surface area contributed by atoms with E-state index < -0.39 is 0 Å². The molecule has 2 saturated carbocycles. The topological polar surface area (TPSA) is 80.5 Å². The van der Waals surface area contributed by atoms with Gasteiger partial charge in [0.15, 0.2) is 5.82 Å². The number of urea groups is 1. The van der Waals surface area contributed by atoms with Crippen LogP contribution in [0.1, 0.15) is 82.3 Å². The van der Waals surface area contributed by atoms with Crippen LogP contribution >= 0.6 is 0 Å². The van der Waals surface area contributed by atoms with E-state index in [1.807, 2.05) is 6.92 Å². The molecule has 7 nitrogen and oxygen atoms in total. The molecular formula is C19H30N4O3. The number of hydrogen-bond acceptors (Lipinski definition) is 5. The highest BCUT2D eigenvalue weighted by Crippen LogP contribution is 2.39. The molecule has 1 atom stereocenters.